The molecule has 0 spiro atoms. The fourth-order valence-corrected chi connectivity index (χ4v) is 1.73. The van der Waals surface area contributed by atoms with Crippen LogP contribution in [0.1, 0.15) is 21.5 Å². The molecule has 0 saturated carbocycles. The average molecular weight is 248 g/mol. The van der Waals surface area contributed by atoms with Crippen LogP contribution in [0.3, 0.4) is 0 Å². The molecule has 0 aliphatic carbocycles. The van der Waals surface area contributed by atoms with E-state index >= 15 is 0 Å². The smallest absolute Gasteiger partial charge is 0.254 e. The van der Waals surface area contributed by atoms with E-state index in [0.717, 1.165) is 11.1 Å². The Bertz CT molecular complexity index is 447. The number of benzene rings is 1. The summed E-state index contributed by atoms with van der Waals surface area (Å²) in [4.78, 5) is 26.6. The largest absolute Gasteiger partial charge is 0.347 e. The molecule has 0 radical (unpaired) electrons. The molecule has 0 aliphatic heterocycles. The minimum absolute atomic E-state index is 0.0878. The van der Waals surface area contributed by atoms with Gasteiger partial charge in [-0.15, -0.1) is 0 Å². The molecule has 0 bridgehead atoms. The number of nitrogens with zero attached hydrogens (tertiary/aromatic N) is 2. The summed E-state index contributed by atoms with van der Waals surface area (Å²) in [5, 5.41) is 0. The highest BCUT2D eigenvalue weighted by Crippen LogP contribution is 2.10. The molecule has 0 saturated heterocycles. The maximum atomic E-state index is 12.2. The number of carbonyl (C=O) groups is 2. The lowest BCUT2D eigenvalue weighted by atomic mass is 10.1. The zero-order chi connectivity index (χ0) is 13.9. The van der Waals surface area contributed by atoms with Crippen LogP contribution in [0.25, 0.3) is 0 Å². The molecule has 1 aromatic rings. The van der Waals surface area contributed by atoms with E-state index in [1.807, 2.05) is 32.0 Å². The number of hydrogen-bond acceptors (Lipinski definition) is 2. The topological polar surface area (TPSA) is 40.6 Å². The number of amides is 2. The van der Waals surface area contributed by atoms with Gasteiger partial charge in [0.15, 0.2) is 0 Å². The van der Waals surface area contributed by atoms with Crippen LogP contribution in [-0.2, 0) is 4.79 Å². The van der Waals surface area contributed by atoms with E-state index in [9.17, 15) is 9.59 Å². The van der Waals surface area contributed by atoms with Crippen LogP contribution in [-0.4, -0.2) is 49.3 Å². The molecule has 0 heterocycles. The number of rotatable bonds is 3. The highest BCUT2D eigenvalue weighted by molar-refractivity contribution is 5.96. The molecule has 0 unspecified atom stereocenters. The van der Waals surface area contributed by atoms with E-state index in [2.05, 4.69) is 0 Å². The number of aryl methyl sites for hydroxylation is 2. The Labute approximate surface area is 108 Å². The monoisotopic (exact) mass is 248 g/mol. The third kappa shape index (κ3) is 3.58. The predicted molar refractivity (Wildman–Crippen MR) is 71.6 cm³/mol. The Morgan fingerprint density at radius 1 is 1.00 bits per heavy atom. The first-order chi connectivity index (χ1) is 8.31. The number of hydrogen-bond donors (Lipinski definition) is 0. The SMILES string of the molecule is Cc1cc(C)cc(C(=O)N(C)CC(=O)N(C)C)c1. The van der Waals surface area contributed by atoms with Crippen molar-refractivity contribution < 1.29 is 9.59 Å². The van der Waals surface area contributed by atoms with E-state index in [4.69, 9.17) is 0 Å². The van der Waals surface area contributed by atoms with Gasteiger partial charge >= 0.3 is 0 Å². The fourth-order valence-electron chi connectivity index (χ4n) is 1.73. The van der Waals surface area contributed by atoms with Gasteiger partial charge in [0.2, 0.25) is 5.91 Å². The third-order valence-electron chi connectivity index (χ3n) is 2.69. The molecule has 1 aromatic carbocycles. The van der Waals surface area contributed by atoms with E-state index in [0.29, 0.717) is 5.56 Å². The van der Waals surface area contributed by atoms with Crippen LogP contribution in [0.2, 0.25) is 0 Å². The van der Waals surface area contributed by atoms with Crippen molar-refractivity contribution >= 4 is 11.8 Å². The summed E-state index contributed by atoms with van der Waals surface area (Å²) in [6, 6.07) is 5.69. The van der Waals surface area contributed by atoms with Crippen LogP contribution in [0.5, 0.6) is 0 Å². The normalized spacial score (nSPS) is 10.1. The Morgan fingerprint density at radius 2 is 1.50 bits per heavy atom. The molecule has 0 atom stereocenters. The molecule has 0 N–H and O–H groups in total. The molecule has 18 heavy (non-hydrogen) atoms. The summed E-state index contributed by atoms with van der Waals surface area (Å²) in [5.41, 5.74) is 2.72. The van der Waals surface area contributed by atoms with Gasteiger partial charge in [-0.25, -0.2) is 0 Å². The van der Waals surface area contributed by atoms with Gasteiger partial charge in [-0.05, 0) is 26.0 Å². The van der Waals surface area contributed by atoms with Gasteiger partial charge in [0.05, 0.1) is 6.54 Å². The number of carbonyl (C=O) groups excluding carboxylic acids is 2. The van der Waals surface area contributed by atoms with Crippen molar-refractivity contribution in [1.82, 2.24) is 9.80 Å². The molecule has 4 heteroatoms. The van der Waals surface area contributed by atoms with E-state index in [-0.39, 0.29) is 18.4 Å². The molecule has 0 fully saturated rings. The van der Waals surface area contributed by atoms with Gasteiger partial charge in [0, 0.05) is 26.7 Å². The lowest BCUT2D eigenvalue weighted by Crippen LogP contribution is -2.37. The minimum atomic E-state index is -0.128. The molecular weight excluding hydrogens is 228 g/mol. The summed E-state index contributed by atoms with van der Waals surface area (Å²) in [5.74, 6) is -0.216. The molecule has 0 aromatic heterocycles. The molecule has 1 rings (SSSR count). The lowest BCUT2D eigenvalue weighted by molar-refractivity contribution is -0.129. The number of likely N-dealkylation sites (N-methyl/N-ethyl adjacent to an activating group) is 2. The van der Waals surface area contributed by atoms with Gasteiger partial charge in [-0.3, -0.25) is 9.59 Å². The predicted octanol–water partition coefficient (Wildman–Crippen LogP) is 1.46. The first-order valence-electron chi connectivity index (χ1n) is 5.85. The van der Waals surface area contributed by atoms with E-state index in [1.54, 1.807) is 21.1 Å². The summed E-state index contributed by atoms with van der Waals surface area (Å²) < 4.78 is 0. The van der Waals surface area contributed by atoms with Crippen molar-refractivity contribution in [3.8, 4) is 0 Å². The third-order valence-corrected chi connectivity index (χ3v) is 2.69. The highest BCUT2D eigenvalue weighted by Gasteiger charge is 2.16. The van der Waals surface area contributed by atoms with Crippen molar-refractivity contribution in [2.24, 2.45) is 0 Å². The first kappa shape index (κ1) is 14.2. The van der Waals surface area contributed by atoms with Gasteiger partial charge in [0.25, 0.3) is 5.91 Å². The Morgan fingerprint density at radius 3 is 1.94 bits per heavy atom. The van der Waals surface area contributed by atoms with Gasteiger partial charge in [0.1, 0.15) is 0 Å². The maximum Gasteiger partial charge on any atom is 0.254 e. The minimum Gasteiger partial charge on any atom is -0.347 e. The second kappa shape index (κ2) is 5.67. The maximum absolute atomic E-state index is 12.2. The van der Waals surface area contributed by atoms with Crippen molar-refractivity contribution in [2.45, 2.75) is 13.8 Å². The molecular formula is C14H20N2O2. The van der Waals surface area contributed by atoms with Gasteiger partial charge in [-0.1, -0.05) is 17.2 Å². The van der Waals surface area contributed by atoms with Crippen LogP contribution in [0.4, 0.5) is 0 Å². The van der Waals surface area contributed by atoms with Crippen LogP contribution in [0.15, 0.2) is 18.2 Å². The summed E-state index contributed by atoms with van der Waals surface area (Å²) in [6.45, 7) is 4.00. The quantitative estimate of drug-likeness (QED) is 0.812. The van der Waals surface area contributed by atoms with Crippen molar-refractivity contribution in [1.29, 1.82) is 0 Å². The van der Waals surface area contributed by atoms with E-state index in [1.165, 1.54) is 9.80 Å². The van der Waals surface area contributed by atoms with E-state index < -0.39 is 0 Å². The molecule has 0 aliphatic rings. The van der Waals surface area contributed by atoms with Crippen LogP contribution in [0, 0.1) is 13.8 Å². The molecule has 2 amide bonds. The van der Waals surface area contributed by atoms with Crippen LogP contribution >= 0.6 is 0 Å². The summed E-state index contributed by atoms with van der Waals surface area (Å²) >= 11 is 0. The summed E-state index contributed by atoms with van der Waals surface area (Å²) in [6.07, 6.45) is 0. The standard InChI is InChI=1S/C14H20N2O2/c1-10-6-11(2)8-12(7-10)14(18)16(5)9-13(17)15(3)4/h6-8H,9H2,1-5H3. The molecule has 98 valence electrons. The zero-order valence-electron chi connectivity index (χ0n) is 11.7. The fraction of sp³-hybridized carbons (Fsp3) is 0.429. The molecule has 4 nitrogen and oxygen atoms in total. The van der Waals surface area contributed by atoms with Crippen LogP contribution < -0.4 is 0 Å². The van der Waals surface area contributed by atoms with Crippen molar-refractivity contribution in [3.05, 3.63) is 34.9 Å². The van der Waals surface area contributed by atoms with Gasteiger partial charge in [-0.2, -0.15) is 0 Å². The summed E-state index contributed by atoms with van der Waals surface area (Å²) in [7, 11) is 5.00. The van der Waals surface area contributed by atoms with Crippen molar-refractivity contribution in [2.75, 3.05) is 27.7 Å². The van der Waals surface area contributed by atoms with Gasteiger partial charge < -0.3 is 9.80 Å². The second-order valence-corrected chi connectivity index (χ2v) is 4.83. The Balaban J connectivity index is 2.83. The van der Waals surface area contributed by atoms with Crippen molar-refractivity contribution in [3.63, 3.8) is 0 Å². The lowest BCUT2D eigenvalue weighted by Gasteiger charge is -2.19. The first-order valence-corrected chi connectivity index (χ1v) is 5.85. The second-order valence-electron chi connectivity index (χ2n) is 4.83. The Hall–Kier alpha value is -1.84. The zero-order valence-corrected chi connectivity index (χ0v) is 11.7. The average Bonchev–Trinajstić information content (AvgIpc) is 2.26. The highest BCUT2D eigenvalue weighted by atomic mass is 16.2. The Kier molecular flexibility index (Phi) is 4.48.